The molecule has 24 heavy (non-hydrogen) atoms. The third-order valence-electron chi connectivity index (χ3n) is 3.35. The average Bonchev–Trinajstić information content (AvgIpc) is 2.56. The van der Waals surface area contributed by atoms with Gasteiger partial charge in [0.1, 0.15) is 5.75 Å². The Balaban J connectivity index is 1.90. The van der Waals surface area contributed by atoms with Crippen molar-refractivity contribution in [1.82, 2.24) is 0 Å². The number of esters is 1. The summed E-state index contributed by atoms with van der Waals surface area (Å²) in [6.07, 6.45) is 0.781. The molecule has 0 saturated carbocycles. The van der Waals surface area contributed by atoms with Crippen LogP contribution in [0.5, 0.6) is 5.75 Å². The molecule has 2 aromatic rings. The summed E-state index contributed by atoms with van der Waals surface area (Å²) < 4.78 is 11.3. The molecule has 0 fully saturated rings. The molecule has 0 spiro atoms. The highest BCUT2D eigenvalue weighted by Crippen LogP contribution is 2.29. The molecule has 0 aliphatic rings. The van der Waals surface area contributed by atoms with Crippen LogP contribution in [0.1, 0.15) is 22.3 Å². The molecule has 4 nitrogen and oxygen atoms in total. The van der Waals surface area contributed by atoms with E-state index in [1.807, 2.05) is 31.2 Å². The summed E-state index contributed by atoms with van der Waals surface area (Å²) in [5, 5.41) is 3.95. The fourth-order valence-electron chi connectivity index (χ4n) is 2.20. The van der Waals surface area contributed by atoms with E-state index < -0.39 is 0 Å². The van der Waals surface area contributed by atoms with Crippen molar-refractivity contribution in [2.45, 2.75) is 13.3 Å². The minimum absolute atomic E-state index is 0.362. The molecule has 0 heterocycles. The van der Waals surface area contributed by atoms with E-state index in [4.69, 9.17) is 21.1 Å². The number of rotatable bonds is 7. The highest BCUT2D eigenvalue weighted by atomic mass is 79.9. The van der Waals surface area contributed by atoms with E-state index in [9.17, 15) is 4.79 Å². The van der Waals surface area contributed by atoms with Gasteiger partial charge in [-0.3, -0.25) is 0 Å². The summed E-state index contributed by atoms with van der Waals surface area (Å²) in [5.74, 6) is 0.422. The van der Waals surface area contributed by atoms with Crippen molar-refractivity contribution in [3.63, 3.8) is 0 Å². The van der Waals surface area contributed by atoms with Gasteiger partial charge in [0.05, 0.1) is 25.0 Å². The van der Waals surface area contributed by atoms with Gasteiger partial charge in [-0.05, 0) is 71.2 Å². The molecule has 0 radical (unpaired) electrons. The second kappa shape index (κ2) is 8.94. The van der Waals surface area contributed by atoms with Crippen LogP contribution in [0.3, 0.4) is 0 Å². The molecule has 2 aromatic carbocycles. The second-order valence-corrected chi connectivity index (χ2v) is 6.53. The predicted molar refractivity (Wildman–Crippen MR) is 100 cm³/mol. The van der Waals surface area contributed by atoms with Gasteiger partial charge >= 0.3 is 5.97 Å². The summed E-state index contributed by atoms with van der Waals surface area (Å²) in [6, 6.07) is 11.0. The number of hydrogen-bond acceptors (Lipinski definition) is 4. The van der Waals surface area contributed by atoms with Crippen LogP contribution in [0.4, 0.5) is 5.69 Å². The van der Waals surface area contributed by atoms with Gasteiger partial charge < -0.3 is 14.8 Å². The van der Waals surface area contributed by atoms with E-state index in [0.717, 1.165) is 27.9 Å². The monoisotopic (exact) mass is 411 g/mol. The molecule has 0 saturated heterocycles. The summed E-state index contributed by atoms with van der Waals surface area (Å²) in [7, 11) is 1.38. The lowest BCUT2D eigenvalue weighted by molar-refractivity contribution is 0.0601. The lowest BCUT2D eigenvalue weighted by Crippen LogP contribution is -2.12. The Morgan fingerprint density at radius 1 is 1.25 bits per heavy atom. The number of anilines is 1. The van der Waals surface area contributed by atoms with Gasteiger partial charge in [0.15, 0.2) is 0 Å². The molecule has 0 aliphatic heterocycles. The maximum atomic E-state index is 11.9. The first kappa shape index (κ1) is 18.6. The molecule has 0 aliphatic carbocycles. The molecule has 0 amide bonds. The average molecular weight is 413 g/mol. The van der Waals surface area contributed by atoms with Crippen molar-refractivity contribution in [3.8, 4) is 5.75 Å². The van der Waals surface area contributed by atoms with Crippen LogP contribution >= 0.6 is 27.5 Å². The Morgan fingerprint density at radius 3 is 2.62 bits per heavy atom. The standard InChI is InChI=1S/C18H19BrClNO3/c1-12-10-15(18(22)23-2)17(16(19)11-12)21-8-3-9-24-14-6-4-13(20)5-7-14/h4-7,10-11,21H,3,8-9H2,1-2H3. The molecule has 2 rings (SSSR count). The third kappa shape index (κ3) is 5.14. The molecule has 128 valence electrons. The fourth-order valence-corrected chi connectivity index (χ4v) is 3.04. The summed E-state index contributed by atoms with van der Waals surface area (Å²) >= 11 is 9.33. The van der Waals surface area contributed by atoms with E-state index in [1.54, 1.807) is 12.1 Å². The van der Waals surface area contributed by atoms with Gasteiger partial charge in [0.25, 0.3) is 0 Å². The maximum Gasteiger partial charge on any atom is 0.340 e. The van der Waals surface area contributed by atoms with E-state index in [-0.39, 0.29) is 5.97 Å². The molecular weight excluding hydrogens is 394 g/mol. The highest BCUT2D eigenvalue weighted by molar-refractivity contribution is 9.10. The SMILES string of the molecule is COC(=O)c1cc(C)cc(Br)c1NCCCOc1ccc(Cl)cc1. The smallest absolute Gasteiger partial charge is 0.340 e. The Hall–Kier alpha value is -1.72. The van der Waals surface area contributed by atoms with Crippen molar-refractivity contribution in [3.05, 3.63) is 57.0 Å². The molecule has 6 heteroatoms. The largest absolute Gasteiger partial charge is 0.494 e. The maximum absolute atomic E-state index is 11.9. The van der Waals surface area contributed by atoms with Gasteiger partial charge in [-0.2, -0.15) is 0 Å². The van der Waals surface area contributed by atoms with E-state index >= 15 is 0 Å². The lowest BCUT2D eigenvalue weighted by atomic mass is 10.1. The van der Waals surface area contributed by atoms with Crippen molar-refractivity contribution < 1.29 is 14.3 Å². The fraction of sp³-hybridized carbons (Fsp3) is 0.278. The zero-order valence-corrected chi connectivity index (χ0v) is 15.9. The summed E-state index contributed by atoms with van der Waals surface area (Å²) in [4.78, 5) is 11.9. The minimum atomic E-state index is -0.362. The predicted octanol–water partition coefficient (Wildman–Crippen LogP) is 5.08. The van der Waals surface area contributed by atoms with Crippen LogP contribution in [0.2, 0.25) is 5.02 Å². The molecule has 0 aromatic heterocycles. The van der Waals surface area contributed by atoms with Gasteiger partial charge in [0, 0.05) is 16.0 Å². The quantitative estimate of drug-likeness (QED) is 0.509. The minimum Gasteiger partial charge on any atom is -0.494 e. The van der Waals surface area contributed by atoms with E-state index in [2.05, 4.69) is 21.2 Å². The van der Waals surface area contributed by atoms with Crippen LogP contribution in [0.25, 0.3) is 0 Å². The number of halogens is 2. The lowest BCUT2D eigenvalue weighted by Gasteiger charge is -2.14. The van der Waals surface area contributed by atoms with Crippen molar-refractivity contribution in [2.75, 3.05) is 25.6 Å². The van der Waals surface area contributed by atoms with E-state index in [1.165, 1.54) is 7.11 Å². The number of carbonyl (C=O) groups is 1. The number of carbonyl (C=O) groups excluding carboxylic acids is 1. The third-order valence-corrected chi connectivity index (χ3v) is 4.22. The Labute approximate surface area is 155 Å². The zero-order chi connectivity index (χ0) is 17.5. The Morgan fingerprint density at radius 2 is 1.96 bits per heavy atom. The van der Waals surface area contributed by atoms with Crippen LogP contribution in [-0.4, -0.2) is 26.2 Å². The highest BCUT2D eigenvalue weighted by Gasteiger charge is 2.15. The van der Waals surface area contributed by atoms with Crippen molar-refractivity contribution in [1.29, 1.82) is 0 Å². The van der Waals surface area contributed by atoms with Gasteiger partial charge in [-0.15, -0.1) is 0 Å². The Bertz CT molecular complexity index is 704. The normalized spacial score (nSPS) is 10.3. The number of hydrogen-bond donors (Lipinski definition) is 1. The number of nitrogens with one attached hydrogen (secondary N) is 1. The Kier molecular flexibility index (Phi) is 6.94. The van der Waals surface area contributed by atoms with Gasteiger partial charge in [-0.1, -0.05) is 11.6 Å². The second-order valence-electron chi connectivity index (χ2n) is 5.24. The van der Waals surface area contributed by atoms with Gasteiger partial charge in [-0.25, -0.2) is 4.79 Å². The number of benzene rings is 2. The number of ether oxygens (including phenoxy) is 2. The van der Waals surface area contributed by atoms with Crippen LogP contribution in [0, 0.1) is 6.92 Å². The first-order valence-corrected chi connectivity index (χ1v) is 8.69. The summed E-state index contributed by atoms with van der Waals surface area (Å²) in [6.45, 7) is 3.16. The number of aryl methyl sites for hydroxylation is 1. The molecule has 0 bridgehead atoms. The van der Waals surface area contributed by atoms with Gasteiger partial charge in [0.2, 0.25) is 0 Å². The van der Waals surface area contributed by atoms with E-state index in [0.29, 0.717) is 23.7 Å². The molecule has 1 N–H and O–H groups in total. The van der Waals surface area contributed by atoms with Crippen molar-refractivity contribution in [2.24, 2.45) is 0 Å². The molecular formula is C18H19BrClNO3. The van der Waals surface area contributed by atoms with Crippen LogP contribution in [-0.2, 0) is 4.74 Å². The van der Waals surface area contributed by atoms with Crippen LogP contribution < -0.4 is 10.1 Å². The zero-order valence-electron chi connectivity index (χ0n) is 13.6. The first-order valence-electron chi connectivity index (χ1n) is 7.52. The topological polar surface area (TPSA) is 47.6 Å². The molecule has 0 atom stereocenters. The summed E-state index contributed by atoms with van der Waals surface area (Å²) in [5.41, 5.74) is 2.24. The number of methoxy groups -OCH3 is 1. The molecule has 0 unspecified atom stereocenters. The first-order chi connectivity index (χ1) is 11.5. The van der Waals surface area contributed by atoms with Crippen LogP contribution in [0.15, 0.2) is 40.9 Å². The van der Waals surface area contributed by atoms with Crippen molar-refractivity contribution >= 4 is 39.2 Å².